The highest BCUT2D eigenvalue weighted by molar-refractivity contribution is 7.99. The number of hydrogen-bond donors (Lipinski definition) is 1. The van der Waals surface area contributed by atoms with Crippen molar-refractivity contribution in [1.29, 1.82) is 5.26 Å². The van der Waals surface area contributed by atoms with Gasteiger partial charge in [0.05, 0.1) is 18.4 Å². The molecule has 1 amide bonds. The molecule has 3 aromatic rings. The van der Waals surface area contributed by atoms with Crippen LogP contribution in [0.1, 0.15) is 26.3 Å². The molecule has 0 aliphatic heterocycles. The number of hydrogen-bond acceptors (Lipinski definition) is 5. The van der Waals surface area contributed by atoms with Crippen LogP contribution < -0.4 is 5.32 Å². The summed E-state index contributed by atoms with van der Waals surface area (Å²) in [5.74, 6) is 0.611. The van der Waals surface area contributed by atoms with Crippen molar-refractivity contribution in [2.75, 3.05) is 5.75 Å². The zero-order valence-corrected chi connectivity index (χ0v) is 19.2. The normalized spacial score (nSPS) is 12.9. The largest absolute Gasteiger partial charge is 0.337 e. The number of halogens is 1. The van der Waals surface area contributed by atoms with Crippen molar-refractivity contribution in [2.24, 2.45) is 5.92 Å². The van der Waals surface area contributed by atoms with Gasteiger partial charge in [0, 0.05) is 10.6 Å². The zero-order valence-electron chi connectivity index (χ0n) is 17.7. The van der Waals surface area contributed by atoms with Gasteiger partial charge >= 0.3 is 0 Å². The molecular weight excluding hydrogens is 430 g/mol. The highest BCUT2D eigenvalue weighted by Crippen LogP contribution is 2.26. The first kappa shape index (κ1) is 22.9. The summed E-state index contributed by atoms with van der Waals surface area (Å²) in [4.78, 5) is 12.5. The smallest absolute Gasteiger partial charge is 0.231 e. The molecule has 8 heteroatoms. The minimum atomic E-state index is -0.913. The first-order valence-corrected chi connectivity index (χ1v) is 11.3. The number of nitrogens with zero attached hydrogens (tertiary/aromatic N) is 4. The molecular formula is C23H24ClN5OS. The Labute approximate surface area is 191 Å². The molecule has 0 saturated carbocycles. The Morgan fingerprint density at radius 2 is 1.87 bits per heavy atom. The lowest BCUT2D eigenvalue weighted by Gasteiger charge is -2.27. The fourth-order valence-corrected chi connectivity index (χ4v) is 3.74. The highest BCUT2D eigenvalue weighted by Gasteiger charge is 2.30. The Morgan fingerprint density at radius 1 is 1.19 bits per heavy atom. The molecule has 0 saturated heterocycles. The zero-order chi connectivity index (χ0) is 22.4. The molecule has 6 nitrogen and oxygen atoms in total. The van der Waals surface area contributed by atoms with Crippen molar-refractivity contribution < 1.29 is 4.79 Å². The van der Waals surface area contributed by atoms with Gasteiger partial charge in [0.25, 0.3) is 0 Å². The van der Waals surface area contributed by atoms with Gasteiger partial charge in [-0.1, -0.05) is 67.5 Å². The lowest BCUT2D eigenvalue weighted by molar-refractivity contribution is -0.120. The Balaban J connectivity index is 1.83. The van der Waals surface area contributed by atoms with Crippen LogP contribution in [0.5, 0.6) is 0 Å². The van der Waals surface area contributed by atoms with Crippen LogP contribution in [-0.4, -0.2) is 32.0 Å². The topological polar surface area (TPSA) is 83.6 Å². The van der Waals surface area contributed by atoms with Gasteiger partial charge in [-0.05, 0) is 42.7 Å². The molecule has 1 aromatic heterocycles. The number of benzene rings is 2. The maximum Gasteiger partial charge on any atom is 0.231 e. The standard InChI is InChI=1S/C23H24ClN5OS/c1-16(2)23(3,15-25)26-20(30)14-31-22-28-27-21(18-9-11-19(24)12-10-18)29(22)13-17-7-5-4-6-8-17/h4-12,16H,13-14H2,1-3H3,(H,26,30)/t23-/m0/s1. The summed E-state index contributed by atoms with van der Waals surface area (Å²) in [5, 5.41) is 22.3. The molecule has 1 N–H and O–H groups in total. The number of thioether (sulfide) groups is 1. The van der Waals surface area contributed by atoms with E-state index in [1.165, 1.54) is 11.8 Å². The maximum atomic E-state index is 12.5. The van der Waals surface area contributed by atoms with Gasteiger partial charge in [-0.2, -0.15) is 5.26 Å². The van der Waals surface area contributed by atoms with E-state index in [9.17, 15) is 10.1 Å². The van der Waals surface area contributed by atoms with Crippen molar-refractivity contribution in [3.8, 4) is 17.5 Å². The van der Waals surface area contributed by atoms with Gasteiger partial charge < -0.3 is 5.32 Å². The number of aromatic nitrogens is 3. The van der Waals surface area contributed by atoms with Crippen LogP contribution in [0.15, 0.2) is 59.8 Å². The van der Waals surface area contributed by atoms with E-state index in [4.69, 9.17) is 11.6 Å². The summed E-state index contributed by atoms with van der Waals surface area (Å²) in [5.41, 5.74) is 1.07. The minimum Gasteiger partial charge on any atom is -0.337 e. The van der Waals surface area contributed by atoms with Gasteiger partial charge in [-0.15, -0.1) is 10.2 Å². The molecule has 1 heterocycles. The van der Waals surface area contributed by atoms with E-state index in [1.54, 1.807) is 6.92 Å². The molecule has 31 heavy (non-hydrogen) atoms. The van der Waals surface area contributed by atoms with Gasteiger partial charge in [0.2, 0.25) is 5.91 Å². The molecule has 0 bridgehead atoms. The molecule has 0 fully saturated rings. The third-order valence-corrected chi connectivity index (χ3v) is 6.34. The van der Waals surface area contributed by atoms with Crippen LogP contribution >= 0.6 is 23.4 Å². The summed E-state index contributed by atoms with van der Waals surface area (Å²) >= 11 is 7.33. The van der Waals surface area contributed by atoms with Crippen molar-refractivity contribution in [3.05, 3.63) is 65.2 Å². The fraction of sp³-hybridized carbons (Fsp3) is 0.304. The lowest BCUT2D eigenvalue weighted by Crippen LogP contribution is -2.49. The second-order valence-electron chi connectivity index (χ2n) is 7.69. The number of rotatable bonds is 8. The molecule has 3 rings (SSSR count). The first-order chi connectivity index (χ1) is 14.8. The summed E-state index contributed by atoms with van der Waals surface area (Å²) in [6, 6.07) is 19.6. The summed E-state index contributed by atoms with van der Waals surface area (Å²) in [7, 11) is 0. The Kier molecular flexibility index (Phi) is 7.37. The SMILES string of the molecule is CC(C)[C@](C)(C#N)NC(=O)CSc1nnc(-c2ccc(Cl)cc2)n1Cc1ccccc1. The number of carbonyl (C=O) groups is 1. The van der Waals surface area contributed by atoms with Crippen LogP contribution in [0.3, 0.4) is 0 Å². The van der Waals surface area contributed by atoms with Gasteiger partial charge in [-0.3, -0.25) is 9.36 Å². The lowest BCUT2D eigenvalue weighted by atomic mass is 9.90. The average Bonchev–Trinajstić information content (AvgIpc) is 3.15. The monoisotopic (exact) mass is 453 g/mol. The number of carbonyl (C=O) groups excluding carboxylic acids is 1. The summed E-state index contributed by atoms with van der Waals surface area (Å²) < 4.78 is 1.99. The molecule has 0 aliphatic carbocycles. The van der Waals surface area contributed by atoms with Crippen molar-refractivity contribution in [3.63, 3.8) is 0 Å². The van der Waals surface area contributed by atoms with Crippen molar-refractivity contribution >= 4 is 29.3 Å². The number of nitriles is 1. The highest BCUT2D eigenvalue weighted by atomic mass is 35.5. The molecule has 0 spiro atoms. The predicted octanol–water partition coefficient (Wildman–Crippen LogP) is 4.79. The van der Waals surface area contributed by atoms with E-state index in [2.05, 4.69) is 21.6 Å². The third kappa shape index (κ3) is 5.66. The second kappa shape index (κ2) is 9.99. The Hall–Kier alpha value is -2.82. The number of nitrogens with one attached hydrogen (secondary N) is 1. The Morgan fingerprint density at radius 3 is 2.48 bits per heavy atom. The molecule has 1 atom stereocenters. The van der Waals surface area contributed by atoms with Gasteiger partial charge in [0.1, 0.15) is 5.54 Å². The maximum absolute atomic E-state index is 12.5. The van der Waals surface area contributed by atoms with Gasteiger partial charge in [-0.25, -0.2) is 0 Å². The van der Waals surface area contributed by atoms with Gasteiger partial charge in [0.15, 0.2) is 11.0 Å². The number of amides is 1. The van der Waals surface area contributed by atoms with E-state index in [0.717, 1.165) is 11.1 Å². The molecule has 2 aromatic carbocycles. The molecule has 0 radical (unpaired) electrons. The minimum absolute atomic E-state index is 0.00955. The molecule has 0 aliphatic rings. The fourth-order valence-electron chi connectivity index (χ4n) is 2.87. The van der Waals surface area contributed by atoms with E-state index >= 15 is 0 Å². The van der Waals surface area contributed by atoms with E-state index < -0.39 is 5.54 Å². The Bertz CT molecular complexity index is 1080. The predicted molar refractivity (Wildman–Crippen MR) is 124 cm³/mol. The first-order valence-electron chi connectivity index (χ1n) is 9.90. The third-order valence-electron chi connectivity index (χ3n) is 5.12. The van der Waals surface area contributed by atoms with E-state index in [-0.39, 0.29) is 17.6 Å². The van der Waals surface area contributed by atoms with Crippen molar-refractivity contribution in [2.45, 2.75) is 38.0 Å². The average molecular weight is 454 g/mol. The van der Waals surface area contributed by atoms with Crippen LogP contribution in [0.4, 0.5) is 0 Å². The molecule has 160 valence electrons. The summed E-state index contributed by atoms with van der Waals surface area (Å²) in [6.07, 6.45) is 0. The van der Waals surface area contributed by atoms with Crippen LogP contribution in [0, 0.1) is 17.2 Å². The summed E-state index contributed by atoms with van der Waals surface area (Å²) in [6.45, 7) is 6.12. The van der Waals surface area contributed by atoms with Crippen LogP contribution in [0.2, 0.25) is 5.02 Å². The second-order valence-corrected chi connectivity index (χ2v) is 9.07. The molecule has 0 unspecified atom stereocenters. The van der Waals surface area contributed by atoms with Crippen molar-refractivity contribution in [1.82, 2.24) is 20.1 Å². The van der Waals surface area contributed by atoms with E-state index in [0.29, 0.717) is 22.5 Å². The van der Waals surface area contributed by atoms with Crippen LogP contribution in [0.25, 0.3) is 11.4 Å². The quantitative estimate of drug-likeness (QED) is 0.495. The van der Waals surface area contributed by atoms with E-state index in [1.807, 2.05) is 73.0 Å². The van der Waals surface area contributed by atoms with Crippen LogP contribution in [-0.2, 0) is 11.3 Å².